The van der Waals surface area contributed by atoms with Gasteiger partial charge >= 0.3 is 0 Å². The van der Waals surface area contributed by atoms with Gasteiger partial charge in [0.05, 0.1) is 21.6 Å². The monoisotopic (exact) mass is 481 g/mol. The second-order valence-electron chi connectivity index (χ2n) is 8.62. The Morgan fingerprint density at radius 3 is 2.60 bits per heavy atom. The Balaban J connectivity index is 1.59. The van der Waals surface area contributed by atoms with E-state index in [9.17, 15) is 0 Å². The summed E-state index contributed by atoms with van der Waals surface area (Å²) in [6.07, 6.45) is 7.89. The van der Waals surface area contributed by atoms with Crippen molar-refractivity contribution in [3.8, 4) is 22.1 Å². The van der Waals surface area contributed by atoms with Crippen LogP contribution >= 0.6 is 11.3 Å². The predicted molar refractivity (Wildman–Crippen MR) is 145 cm³/mol. The van der Waals surface area contributed by atoms with Gasteiger partial charge in [-0.3, -0.25) is 10.1 Å². The third-order valence-electron chi connectivity index (χ3n) is 5.72. The lowest BCUT2D eigenvalue weighted by Crippen LogP contribution is -2.14. The number of allylic oxidation sites excluding steroid dienone is 3. The van der Waals surface area contributed by atoms with Crippen LogP contribution in [0.3, 0.4) is 0 Å². The summed E-state index contributed by atoms with van der Waals surface area (Å²) < 4.78 is 0. The Labute approximate surface area is 208 Å². The van der Waals surface area contributed by atoms with E-state index in [-0.39, 0.29) is 0 Å². The fourth-order valence-corrected chi connectivity index (χ4v) is 4.92. The minimum Gasteiger partial charge on any atom is -0.336 e. The van der Waals surface area contributed by atoms with Crippen molar-refractivity contribution in [1.29, 1.82) is 0 Å². The molecule has 35 heavy (non-hydrogen) atoms. The van der Waals surface area contributed by atoms with Crippen molar-refractivity contribution in [3.63, 3.8) is 0 Å². The molecule has 0 bridgehead atoms. The lowest BCUT2D eigenvalue weighted by molar-refractivity contribution is 0.449. The highest BCUT2D eigenvalue weighted by Gasteiger charge is 2.18. The average Bonchev–Trinajstić information content (AvgIpc) is 3.58. The van der Waals surface area contributed by atoms with Gasteiger partial charge in [-0.05, 0) is 75.5 Å². The largest absolute Gasteiger partial charge is 0.336 e. The molecule has 5 aromatic rings. The van der Waals surface area contributed by atoms with Crippen LogP contribution in [0.2, 0.25) is 0 Å². The highest BCUT2D eigenvalue weighted by Crippen LogP contribution is 2.33. The quantitative estimate of drug-likeness (QED) is 0.278. The number of pyridine rings is 2. The van der Waals surface area contributed by atoms with Crippen LogP contribution in [0, 0.1) is 6.92 Å². The zero-order chi connectivity index (χ0) is 24.5. The van der Waals surface area contributed by atoms with Gasteiger partial charge in [0.25, 0.3) is 0 Å². The van der Waals surface area contributed by atoms with Crippen LogP contribution in [0.25, 0.3) is 49.7 Å². The Morgan fingerprint density at radius 2 is 1.89 bits per heavy atom. The molecule has 7 nitrogen and oxygen atoms in total. The molecule has 0 spiro atoms. The number of H-pyrrole nitrogens is 2. The summed E-state index contributed by atoms with van der Waals surface area (Å²) in [5.74, 6) is 0.662. The van der Waals surface area contributed by atoms with Gasteiger partial charge in [-0.2, -0.15) is 5.10 Å². The third-order valence-corrected chi connectivity index (χ3v) is 6.72. The van der Waals surface area contributed by atoms with E-state index < -0.39 is 0 Å². The molecule has 0 amide bonds. The molecule has 0 radical (unpaired) electrons. The number of nitrogens with one attached hydrogen (secondary N) is 2. The first-order valence-electron chi connectivity index (χ1n) is 11.4. The molecule has 176 valence electrons. The summed E-state index contributed by atoms with van der Waals surface area (Å²) in [6, 6.07) is 10.1. The van der Waals surface area contributed by atoms with Gasteiger partial charge in [0.2, 0.25) is 0 Å². The molecule has 0 aliphatic carbocycles. The molecule has 0 aliphatic heterocycles. The van der Waals surface area contributed by atoms with Gasteiger partial charge in [-0.15, -0.1) is 11.3 Å². The van der Waals surface area contributed by atoms with Crippen LogP contribution in [0.5, 0.6) is 0 Å². The molecule has 5 rings (SSSR count). The number of likely N-dealkylation sites (N-methyl/N-ethyl adjacent to an activating group) is 1. The molecule has 0 saturated carbocycles. The molecular weight excluding hydrogens is 454 g/mol. The van der Waals surface area contributed by atoms with Gasteiger partial charge < -0.3 is 9.88 Å². The standard InChI is InChI=1S/C27H27N7S/c1-6-17(15-34(4)5)14-18(7-2)19-9-10-21-24(29-19)26(33-32-21)27-30-20-12-13-28-25(23(20)31-27)22-11-8-16(3)35-22/h6-14H,1,15H2,2-5H3,(H,30,31)(H,32,33)/b17-14+,18-7+. The average molecular weight is 482 g/mol. The number of aromatic amines is 2. The summed E-state index contributed by atoms with van der Waals surface area (Å²) in [6.45, 7) is 8.88. The van der Waals surface area contributed by atoms with Gasteiger partial charge in [-0.1, -0.05) is 18.7 Å². The van der Waals surface area contributed by atoms with Crippen LogP contribution < -0.4 is 0 Å². The van der Waals surface area contributed by atoms with E-state index in [1.54, 1.807) is 11.3 Å². The maximum Gasteiger partial charge on any atom is 0.161 e. The van der Waals surface area contributed by atoms with E-state index >= 15 is 0 Å². The molecule has 0 saturated heterocycles. The smallest absolute Gasteiger partial charge is 0.161 e. The van der Waals surface area contributed by atoms with Crippen LogP contribution in [-0.2, 0) is 0 Å². The summed E-state index contributed by atoms with van der Waals surface area (Å²) in [4.78, 5) is 22.4. The van der Waals surface area contributed by atoms with Crippen molar-refractivity contribution in [2.75, 3.05) is 20.6 Å². The zero-order valence-corrected chi connectivity index (χ0v) is 21.1. The highest BCUT2D eigenvalue weighted by molar-refractivity contribution is 7.15. The van der Waals surface area contributed by atoms with E-state index in [1.165, 1.54) is 4.88 Å². The molecule has 5 aromatic heterocycles. The Bertz CT molecular complexity index is 1600. The molecule has 8 heteroatoms. The van der Waals surface area contributed by atoms with Gasteiger partial charge in [0.1, 0.15) is 16.7 Å². The van der Waals surface area contributed by atoms with E-state index in [1.807, 2.05) is 51.5 Å². The minimum atomic E-state index is 0.662. The highest BCUT2D eigenvalue weighted by atomic mass is 32.1. The van der Waals surface area contributed by atoms with E-state index in [4.69, 9.17) is 9.97 Å². The fourth-order valence-electron chi connectivity index (χ4n) is 4.05. The van der Waals surface area contributed by atoms with Crippen LogP contribution in [0.15, 0.2) is 66.9 Å². The number of aromatic nitrogens is 6. The van der Waals surface area contributed by atoms with E-state index in [2.05, 4.69) is 62.9 Å². The minimum absolute atomic E-state index is 0.662. The van der Waals surface area contributed by atoms with Crippen molar-refractivity contribution >= 4 is 39.0 Å². The van der Waals surface area contributed by atoms with Crippen molar-refractivity contribution < 1.29 is 0 Å². The summed E-state index contributed by atoms with van der Waals surface area (Å²) in [5.41, 5.74) is 7.94. The molecule has 2 N–H and O–H groups in total. The molecule has 0 aromatic carbocycles. The predicted octanol–water partition coefficient (Wildman–Crippen LogP) is 6.01. The number of hydrogen-bond donors (Lipinski definition) is 2. The lowest BCUT2D eigenvalue weighted by atomic mass is 10.1. The number of rotatable bonds is 7. The normalized spacial score (nSPS) is 12.8. The summed E-state index contributed by atoms with van der Waals surface area (Å²) in [7, 11) is 4.09. The second kappa shape index (κ2) is 9.40. The van der Waals surface area contributed by atoms with Gasteiger partial charge in [0, 0.05) is 17.6 Å². The number of nitrogens with zero attached hydrogens (tertiary/aromatic N) is 5. The molecule has 0 fully saturated rings. The number of thiophene rings is 1. The van der Waals surface area contributed by atoms with Crippen LogP contribution in [0.4, 0.5) is 0 Å². The second-order valence-corrected chi connectivity index (χ2v) is 9.91. The van der Waals surface area contributed by atoms with Crippen LogP contribution in [-0.4, -0.2) is 55.7 Å². The fraction of sp³-hybridized carbons (Fsp3) is 0.185. The van der Waals surface area contributed by atoms with E-state index in [0.717, 1.165) is 56.0 Å². The first kappa shape index (κ1) is 22.9. The number of aryl methyl sites for hydroxylation is 1. The topological polar surface area (TPSA) is 86.4 Å². The van der Waals surface area contributed by atoms with Crippen molar-refractivity contribution in [1.82, 2.24) is 35.0 Å². The van der Waals surface area contributed by atoms with Crippen molar-refractivity contribution in [2.24, 2.45) is 0 Å². The molecule has 0 aliphatic rings. The lowest BCUT2D eigenvalue weighted by Gasteiger charge is -2.11. The molecule has 5 heterocycles. The molecule has 0 unspecified atom stereocenters. The molecular formula is C27H27N7S. The first-order valence-corrected chi connectivity index (χ1v) is 12.2. The van der Waals surface area contributed by atoms with Crippen molar-refractivity contribution in [3.05, 3.63) is 77.5 Å². The SMILES string of the molecule is C=C/C(=C\C(=C/C)c1ccc2[nH]nc(-c3nc4c(-c5ccc(C)s5)nccc4[nH]3)c2n1)CN(C)C. The Hall–Kier alpha value is -3.88. The van der Waals surface area contributed by atoms with E-state index in [0.29, 0.717) is 11.5 Å². The van der Waals surface area contributed by atoms with Crippen LogP contribution in [0.1, 0.15) is 17.5 Å². The maximum absolute atomic E-state index is 4.98. The number of fused-ring (bicyclic) bond motifs is 2. The number of hydrogen-bond acceptors (Lipinski definition) is 6. The summed E-state index contributed by atoms with van der Waals surface area (Å²) in [5, 5.41) is 7.65. The van der Waals surface area contributed by atoms with Crippen molar-refractivity contribution in [2.45, 2.75) is 13.8 Å². The zero-order valence-electron chi connectivity index (χ0n) is 20.3. The maximum atomic E-state index is 4.98. The Morgan fingerprint density at radius 1 is 1.06 bits per heavy atom. The first-order chi connectivity index (χ1) is 17.0. The molecule has 0 atom stereocenters. The Kier molecular flexibility index (Phi) is 6.15. The summed E-state index contributed by atoms with van der Waals surface area (Å²) >= 11 is 1.71. The third kappa shape index (κ3) is 4.45. The number of imidazole rings is 1. The van der Waals surface area contributed by atoms with Gasteiger partial charge in [0.15, 0.2) is 11.5 Å². The van der Waals surface area contributed by atoms with Gasteiger partial charge in [-0.25, -0.2) is 9.97 Å².